The third kappa shape index (κ3) is 3.97. The Balaban J connectivity index is 1.96. The zero-order valence-corrected chi connectivity index (χ0v) is 20.5. The highest BCUT2D eigenvalue weighted by molar-refractivity contribution is 5.93. The number of hydrogen-bond acceptors (Lipinski definition) is 4. The molecule has 0 aromatic carbocycles. The average molecular weight is 468 g/mol. The van der Waals surface area contributed by atoms with Crippen molar-refractivity contribution in [2.24, 2.45) is 0 Å². The normalized spacial score (nSPS) is 13.0. The van der Waals surface area contributed by atoms with E-state index in [1.807, 2.05) is 24.3 Å². The second-order valence-electron chi connectivity index (χ2n) is 8.82. The first-order chi connectivity index (χ1) is 16.9. The fourth-order valence-corrected chi connectivity index (χ4v) is 5.23. The molecule has 2 aliphatic heterocycles. The molecule has 3 aromatic heterocycles. The maximum Gasteiger partial charge on any atom is 0.294 e. The van der Waals surface area contributed by atoms with Gasteiger partial charge >= 0.3 is 0 Å². The molecule has 5 rings (SSSR count). The van der Waals surface area contributed by atoms with Crippen LogP contribution in [0.1, 0.15) is 74.4 Å². The van der Waals surface area contributed by atoms with Gasteiger partial charge < -0.3 is 9.97 Å². The van der Waals surface area contributed by atoms with Crippen molar-refractivity contribution < 1.29 is 4.92 Å². The second-order valence-corrected chi connectivity index (χ2v) is 8.82. The van der Waals surface area contributed by atoms with E-state index in [1.54, 1.807) is 12.1 Å². The van der Waals surface area contributed by atoms with Crippen LogP contribution in [-0.4, -0.2) is 24.9 Å². The molecule has 0 unspecified atom stereocenters. The van der Waals surface area contributed by atoms with E-state index >= 15 is 0 Å². The van der Waals surface area contributed by atoms with E-state index < -0.39 is 0 Å². The summed E-state index contributed by atoms with van der Waals surface area (Å²) in [7, 11) is 0. The van der Waals surface area contributed by atoms with Crippen LogP contribution in [0.3, 0.4) is 0 Å². The molecule has 35 heavy (non-hydrogen) atoms. The number of fused-ring (bicyclic) bond motifs is 8. The van der Waals surface area contributed by atoms with Gasteiger partial charge in [-0.25, -0.2) is 9.97 Å². The van der Waals surface area contributed by atoms with E-state index in [9.17, 15) is 10.1 Å². The van der Waals surface area contributed by atoms with E-state index in [0.29, 0.717) is 16.7 Å². The van der Waals surface area contributed by atoms with Crippen molar-refractivity contribution >= 4 is 51.1 Å². The summed E-state index contributed by atoms with van der Waals surface area (Å²) in [6.45, 7) is 8.64. The maximum absolute atomic E-state index is 11.8. The summed E-state index contributed by atoms with van der Waals surface area (Å²) >= 11 is 0. The molecule has 0 radical (unpaired) electrons. The molecule has 0 saturated heterocycles. The number of allylic oxidation sites excluding steroid dienone is 2. The number of aromatic amines is 2. The summed E-state index contributed by atoms with van der Waals surface area (Å²) in [5.41, 5.74) is 11.5. The van der Waals surface area contributed by atoms with Crippen LogP contribution in [-0.2, 0) is 12.8 Å². The molecule has 0 atom stereocenters. The van der Waals surface area contributed by atoms with Crippen molar-refractivity contribution in [2.45, 2.75) is 53.4 Å². The number of rotatable bonds is 5. The first-order valence-electron chi connectivity index (χ1n) is 12.3. The molecule has 178 valence electrons. The van der Waals surface area contributed by atoms with Gasteiger partial charge in [-0.15, -0.1) is 0 Å². The fraction of sp³-hybridized carbons (Fsp3) is 0.286. The minimum Gasteiger partial charge on any atom is -0.355 e. The molecule has 0 spiro atoms. The molecule has 0 saturated carbocycles. The van der Waals surface area contributed by atoms with Crippen LogP contribution in [0.15, 0.2) is 30.3 Å². The third-order valence-corrected chi connectivity index (χ3v) is 6.81. The second kappa shape index (κ2) is 8.98. The summed E-state index contributed by atoms with van der Waals surface area (Å²) in [6.07, 6.45) is 7.32. The molecule has 2 aliphatic rings. The Morgan fingerprint density at radius 3 is 1.91 bits per heavy atom. The summed E-state index contributed by atoms with van der Waals surface area (Å²) in [4.78, 5) is 28.0. The molecule has 2 N–H and O–H groups in total. The predicted molar refractivity (Wildman–Crippen MR) is 143 cm³/mol. The van der Waals surface area contributed by atoms with Crippen molar-refractivity contribution in [2.75, 3.05) is 0 Å². The topological polar surface area (TPSA) is 100 Å². The van der Waals surface area contributed by atoms with Crippen LogP contribution in [0, 0.1) is 10.1 Å². The third-order valence-electron chi connectivity index (χ3n) is 6.81. The average Bonchev–Trinajstić information content (AvgIpc) is 3.59. The SMILES string of the molecule is CCC1=C(CC)c2cc3[nH]c(cc4cc([N+](=O)[O-])c(cc5nc(cc1n2)C=C5)[nH]4)c(CC)c3CC. The van der Waals surface area contributed by atoms with Gasteiger partial charge in [0.1, 0.15) is 5.52 Å². The van der Waals surface area contributed by atoms with Gasteiger partial charge in [-0.3, -0.25) is 10.1 Å². The van der Waals surface area contributed by atoms with Gasteiger partial charge in [-0.1, -0.05) is 27.7 Å². The Bertz CT molecular complexity index is 1570. The van der Waals surface area contributed by atoms with Gasteiger partial charge in [0.15, 0.2) is 0 Å². The van der Waals surface area contributed by atoms with Crippen LogP contribution in [0.5, 0.6) is 0 Å². The zero-order valence-electron chi connectivity index (χ0n) is 20.5. The van der Waals surface area contributed by atoms with Crippen LogP contribution in [0.25, 0.3) is 45.4 Å². The highest BCUT2D eigenvalue weighted by atomic mass is 16.6. The molecule has 5 heterocycles. The summed E-state index contributed by atoms with van der Waals surface area (Å²) in [5, 5.41) is 11.8. The van der Waals surface area contributed by atoms with Gasteiger partial charge in [0.2, 0.25) is 0 Å². The molecule has 7 nitrogen and oxygen atoms in total. The van der Waals surface area contributed by atoms with E-state index in [4.69, 9.17) is 4.98 Å². The van der Waals surface area contributed by atoms with Gasteiger partial charge in [-0.05, 0) is 84.4 Å². The Hall–Kier alpha value is -4.00. The van der Waals surface area contributed by atoms with E-state index in [1.165, 1.54) is 22.3 Å². The molecule has 0 fully saturated rings. The van der Waals surface area contributed by atoms with Crippen LogP contribution < -0.4 is 0 Å². The molecule has 0 amide bonds. The fourth-order valence-electron chi connectivity index (χ4n) is 5.23. The lowest BCUT2D eigenvalue weighted by Crippen LogP contribution is -1.86. The first kappa shape index (κ1) is 22.8. The lowest BCUT2D eigenvalue weighted by atomic mass is 10.00. The number of H-pyrrole nitrogens is 2. The lowest BCUT2D eigenvalue weighted by Gasteiger charge is -2.03. The van der Waals surface area contributed by atoms with Crippen molar-refractivity contribution in [3.63, 3.8) is 0 Å². The standard InChI is InChI=1S/C28H29N5O2/c1-5-19-21(7-3)25-15-26-22(8-4)20(6-2)24(32-26)13-18-14-28(33(34)35)27(30-18)12-17-10-9-16(29-17)11-23(19)31-25/h9-15,30,32H,5-8H2,1-4H3. The van der Waals surface area contributed by atoms with Crippen LogP contribution >= 0.6 is 0 Å². The Morgan fingerprint density at radius 2 is 1.31 bits per heavy atom. The number of nitro groups is 1. The minimum absolute atomic E-state index is 0.0315. The molecule has 3 aromatic rings. The van der Waals surface area contributed by atoms with E-state index in [-0.39, 0.29) is 10.6 Å². The summed E-state index contributed by atoms with van der Waals surface area (Å²) in [5.74, 6) is 0. The van der Waals surface area contributed by atoms with Gasteiger partial charge in [0.05, 0.1) is 27.7 Å². The Morgan fingerprint density at radius 1 is 0.714 bits per heavy atom. The monoisotopic (exact) mass is 467 g/mol. The quantitative estimate of drug-likeness (QED) is 0.238. The van der Waals surface area contributed by atoms with Gasteiger partial charge in [0.25, 0.3) is 5.69 Å². The van der Waals surface area contributed by atoms with E-state index in [2.05, 4.69) is 48.7 Å². The molecule has 8 bridgehead atoms. The van der Waals surface area contributed by atoms with Gasteiger partial charge in [0, 0.05) is 22.6 Å². The van der Waals surface area contributed by atoms with Crippen molar-refractivity contribution in [3.8, 4) is 0 Å². The van der Waals surface area contributed by atoms with Crippen molar-refractivity contribution in [3.05, 3.63) is 74.3 Å². The largest absolute Gasteiger partial charge is 0.355 e. The van der Waals surface area contributed by atoms with Crippen LogP contribution in [0.2, 0.25) is 0 Å². The molecule has 7 heteroatoms. The summed E-state index contributed by atoms with van der Waals surface area (Å²) < 4.78 is 0. The number of nitrogens with one attached hydrogen (secondary N) is 2. The highest BCUT2D eigenvalue weighted by Gasteiger charge is 2.19. The van der Waals surface area contributed by atoms with Gasteiger partial charge in [-0.2, -0.15) is 0 Å². The number of hydrogen-bond donors (Lipinski definition) is 2. The Labute approximate surface area is 203 Å². The highest BCUT2D eigenvalue weighted by Crippen LogP contribution is 2.35. The smallest absolute Gasteiger partial charge is 0.294 e. The van der Waals surface area contributed by atoms with Crippen molar-refractivity contribution in [1.82, 2.24) is 19.9 Å². The van der Waals surface area contributed by atoms with E-state index in [0.717, 1.165) is 53.8 Å². The first-order valence-corrected chi connectivity index (χ1v) is 12.3. The number of nitrogens with zero attached hydrogens (tertiary/aromatic N) is 3. The zero-order chi connectivity index (χ0) is 24.7. The molecule has 0 aliphatic carbocycles. The number of aromatic nitrogens is 4. The minimum atomic E-state index is -0.356. The predicted octanol–water partition coefficient (Wildman–Crippen LogP) is 7.25. The van der Waals surface area contributed by atoms with Crippen LogP contribution in [0.4, 0.5) is 5.69 Å². The lowest BCUT2D eigenvalue weighted by molar-refractivity contribution is -0.382. The molecular formula is C28H29N5O2. The maximum atomic E-state index is 11.8. The summed E-state index contributed by atoms with van der Waals surface area (Å²) in [6, 6.07) is 9.45. The Kier molecular flexibility index (Phi) is 5.84. The molecular weight excluding hydrogens is 438 g/mol. The van der Waals surface area contributed by atoms with Crippen molar-refractivity contribution in [1.29, 1.82) is 0 Å². The number of aryl methyl sites for hydroxylation is 2.